The van der Waals surface area contributed by atoms with Crippen LogP contribution in [-0.4, -0.2) is 26.0 Å². The number of carbonyl (C=O) groups excluding carboxylic acids is 1. The number of hydrogen-bond donors (Lipinski definition) is 3. The van der Waals surface area contributed by atoms with Crippen LogP contribution in [0.5, 0.6) is 0 Å². The van der Waals surface area contributed by atoms with E-state index in [9.17, 15) is 18.3 Å². The van der Waals surface area contributed by atoms with Crippen molar-refractivity contribution in [2.24, 2.45) is 0 Å². The van der Waals surface area contributed by atoms with E-state index in [1.165, 1.54) is 18.4 Å². The van der Waals surface area contributed by atoms with E-state index < -0.39 is 22.0 Å². The van der Waals surface area contributed by atoms with Crippen LogP contribution >= 0.6 is 0 Å². The van der Waals surface area contributed by atoms with Crippen LogP contribution in [0.1, 0.15) is 33.3 Å². The Morgan fingerprint density at radius 3 is 2.55 bits per heavy atom. The number of hydrogen-bond acceptors (Lipinski definition) is 5. The third-order valence-electron chi connectivity index (χ3n) is 4.40. The summed E-state index contributed by atoms with van der Waals surface area (Å²) >= 11 is 0. The number of aliphatic hydroxyl groups excluding tert-OH is 1. The molecule has 7 nitrogen and oxygen atoms in total. The number of nitrogens with one attached hydrogen (secondary N) is 2. The van der Waals surface area contributed by atoms with Gasteiger partial charge in [0.15, 0.2) is 0 Å². The third-order valence-corrected chi connectivity index (χ3v) is 5.80. The number of sulfonamides is 1. The summed E-state index contributed by atoms with van der Waals surface area (Å²) in [5, 5.41) is 12.6. The predicted octanol–water partition coefficient (Wildman–Crippen LogP) is 2.53. The molecule has 152 valence electrons. The molecular weight excluding hydrogens is 392 g/mol. The van der Waals surface area contributed by atoms with Gasteiger partial charge in [-0.05, 0) is 42.3 Å². The number of carbonyl (C=O) groups is 1. The number of benzene rings is 2. The lowest BCUT2D eigenvalue weighted by atomic mass is 10.1. The van der Waals surface area contributed by atoms with Crippen molar-refractivity contribution in [2.75, 3.05) is 6.54 Å². The second-order valence-corrected chi connectivity index (χ2v) is 8.30. The van der Waals surface area contributed by atoms with Gasteiger partial charge in [0.1, 0.15) is 11.9 Å². The van der Waals surface area contributed by atoms with Crippen molar-refractivity contribution in [2.45, 2.75) is 24.5 Å². The quantitative estimate of drug-likeness (QED) is 0.525. The minimum Gasteiger partial charge on any atom is -0.467 e. The van der Waals surface area contributed by atoms with E-state index in [2.05, 4.69) is 10.0 Å². The molecule has 3 rings (SSSR count). The number of aliphatic hydroxyl groups is 1. The molecule has 0 aliphatic rings. The van der Waals surface area contributed by atoms with Crippen LogP contribution in [-0.2, 0) is 16.6 Å². The van der Waals surface area contributed by atoms with Crippen molar-refractivity contribution >= 4 is 15.9 Å². The molecule has 0 saturated carbocycles. The highest BCUT2D eigenvalue weighted by atomic mass is 32.2. The van der Waals surface area contributed by atoms with E-state index in [-0.39, 0.29) is 23.5 Å². The fourth-order valence-electron chi connectivity index (χ4n) is 2.74. The maximum Gasteiger partial charge on any atom is 0.251 e. The number of furan rings is 1. The van der Waals surface area contributed by atoms with Gasteiger partial charge < -0.3 is 14.8 Å². The molecule has 1 heterocycles. The lowest BCUT2D eigenvalue weighted by Gasteiger charge is -2.13. The van der Waals surface area contributed by atoms with E-state index in [4.69, 9.17) is 4.42 Å². The standard InChI is InChI=1S/C21H22N2O5S/c1-15-9-10-17(29(26,27)23-13-16-6-3-2-4-7-16)12-18(15)21(25)22-14-19(24)20-8-5-11-28-20/h2-12,19,23-24H,13-14H2,1H3,(H,22,25). The molecule has 0 fully saturated rings. The summed E-state index contributed by atoms with van der Waals surface area (Å²) in [6.45, 7) is 1.80. The van der Waals surface area contributed by atoms with Crippen molar-refractivity contribution in [3.8, 4) is 0 Å². The van der Waals surface area contributed by atoms with Gasteiger partial charge in [-0.1, -0.05) is 36.4 Å². The second-order valence-electron chi connectivity index (χ2n) is 6.53. The van der Waals surface area contributed by atoms with Gasteiger partial charge in [0, 0.05) is 12.1 Å². The topological polar surface area (TPSA) is 109 Å². The van der Waals surface area contributed by atoms with Crippen molar-refractivity contribution in [1.82, 2.24) is 10.0 Å². The normalized spacial score (nSPS) is 12.5. The average molecular weight is 414 g/mol. The summed E-state index contributed by atoms with van der Waals surface area (Å²) in [6.07, 6.45) is 0.440. The van der Waals surface area contributed by atoms with Crippen LogP contribution in [0.4, 0.5) is 0 Å². The molecule has 3 N–H and O–H groups in total. The Morgan fingerprint density at radius 2 is 1.86 bits per heavy atom. The Kier molecular flexibility index (Phi) is 6.48. The van der Waals surface area contributed by atoms with Crippen molar-refractivity contribution in [1.29, 1.82) is 0 Å². The summed E-state index contributed by atoms with van der Waals surface area (Å²) in [6, 6.07) is 16.8. The minimum absolute atomic E-state index is 0.00392. The van der Waals surface area contributed by atoms with E-state index in [1.54, 1.807) is 25.1 Å². The van der Waals surface area contributed by atoms with Crippen LogP contribution in [0.3, 0.4) is 0 Å². The van der Waals surface area contributed by atoms with Crippen LogP contribution in [0, 0.1) is 6.92 Å². The van der Waals surface area contributed by atoms with Crippen LogP contribution in [0.25, 0.3) is 0 Å². The van der Waals surface area contributed by atoms with Gasteiger partial charge in [0.2, 0.25) is 10.0 Å². The molecule has 0 radical (unpaired) electrons. The van der Waals surface area contributed by atoms with Crippen LogP contribution in [0.2, 0.25) is 0 Å². The maximum atomic E-state index is 12.6. The monoisotopic (exact) mass is 414 g/mol. The molecule has 29 heavy (non-hydrogen) atoms. The SMILES string of the molecule is Cc1ccc(S(=O)(=O)NCc2ccccc2)cc1C(=O)NCC(O)c1ccco1. The van der Waals surface area contributed by atoms with E-state index in [1.807, 2.05) is 30.3 Å². The van der Waals surface area contributed by atoms with E-state index in [0.717, 1.165) is 5.56 Å². The summed E-state index contributed by atoms with van der Waals surface area (Å²) in [5.74, 6) is -0.142. The maximum absolute atomic E-state index is 12.6. The molecule has 0 saturated heterocycles. The van der Waals surface area contributed by atoms with E-state index >= 15 is 0 Å². The first kappa shape index (κ1) is 20.8. The first-order valence-corrected chi connectivity index (χ1v) is 10.5. The van der Waals surface area contributed by atoms with Gasteiger partial charge in [-0.15, -0.1) is 0 Å². The Balaban J connectivity index is 1.70. The first-order valence-electron chi connectivity index (χ1n) is 9.01. The molecule has 0 spiro atoms. The molecule has 1 amide bonds. The van der Waals surface area contributed by atoms with Gasteiger partial charge in [-0.25, -0.2) is 13.1 Å². The highest BCUT2D eigenvalue weighted by Crippen LogP contribution is 2.17. The molecule has 0 aliphatic heterocycles. The Labute approximate surface area is 169 Å². The fourth-order valence-corrected chi connectivity index (χ4v) is 3.78. The zero-order valence-corrected chi connectivity index (χ0v) is 16.6. The smallest absolute Gasteiger partial charge is 0.251 e. The van der Waals surface area contributed by atoms with Gasteiger partial charge in [-0.2, -0.15) is 0 Å². The summed E-state index contributed by atoms with van der Waals surface area (Å²) < 4.78 is 32.9. The highest BCUT2D eigenvalue weighted by molar-refractivity contribution is 7.89. The minimum atomic E-state index is -3.79. The van der Waals surface area contributed by atoms with Crippen LogP contribution < -0.4 is 10.0 Å². The fraction of sp³-hybridized carbons (Fsp3) is 0.190. The molecule has 1 atom stereocenters. The zero-order chi connectivity index (χ0) is 20.9. The van der Waals surface area contributed by atoms with Gasteiger partial charge in [-0.3, -0.25) is 4.79 Å². The average Bonchev–Trinajstić information content (AvgIpc) is 3.26. The lowest BCUT2D eigenvalue weighted by molar-refractivity contribution is 0.0900. The second kappa shape index (κ2) is 9.04. The van der Waals surface area contributed by atoms with Gasteiger partial charge in [0.05, 0.1) is 17.7 Å². The van der Waals surface area contributed by atoms with Gasteiger partial charge >= 0.3 is 0 Å². The lowest BCUT2D eigenvalue weighted by Crippen LogP contribution is -2.29. The number of rotatable bonds is 8. The summed E-state index contributed by atoms with van der Waals surface area (Å²) in [4.78, 5) is 12.5. The summed E-state index contributed by atoms with van der Waals surface area (Å²) in [5.41, 5.74) is 1.67. The molecule has 1 aromatic heterocycles. The van der Waals surface area contributed by atoms with Gasteiger partial charge in [0.25, 0.3) is 5.91 Å². The molecule has 3 aromatic rings. The summed E-state index contributed by atoms with van der Waals surface area (Å²) in [7, 11) is -3.79. The van der Waals surface area contributed by atoms with Crippen molar-refractivity contribution in [3.63, 3.8) is 0 Å². The van der Waals surface area contributed by atoms with Crippen molar-refractivity contribution in [3.05, 3.63) is 89.4 Å². The molecule has 0 bridgehead atoms. The largest absolute Gasteiger partial charge is 0.467 e. The first-order chi connectivity index (χ1) is 13.9. The molecule has 0 aliphatic carbocycles. The molecule has 8 heteroatoms. The third kappa shape index (κ3) is 5.32. The molecule has 1 unspecified atom stereocenters. The zero-order valence-electron chi connectivity index (χ0n) is 15.8. The van der Waals surface area contributed by atoms with Crippen LogP contribution in [0.15, 0.2) is 76.2 Å². The molecule has 2 aromatic carbocycles. The van der Waals surface area contributed by atoms with Crippen molar-refractivity contribution < 1.29 is 22.7 Å². The number of aryl methyl sites for hydroxylation is 1. The Hall–Kier alpha value is -2.94. The van der Waals surface area contributed by atoms with E-state index in [0.29, 0.717) is 11.3 Å². The number of amides is 1. The Bertz CT molecular complexity index is 1060. The predicted molar refractivity (Wildman–Crippen MR) is 108 cm³/mol. The molecular formula is C21H22N2O5S. The Morgan fingerprint density at radius 1 is 1.10 bits per heavy atom. The highest BCUT2D eigenvalue weighted by Gasteiger charge is 2.19.